The van der Waals surface area contributed by atoms with Crippen molar-refractivity contribution in [3.63, 3.8) is 0 Å². The Kier molecular flexibility index (Phi) is 2.65. The van der Waals surface area contributed by atoms with Crippen LogP contribution in [-0.2, 0) is 13.5 Å². The van der Waals surface area contributed by atoms with Gasteiger partial charge in [0.1, 0.15) is 5.82 Å². The molecule has 0 unspecified atom stereocenters. The molecular formula is C15H20N2. The Balaban J connectivity index is 2.05. The van der Waals surface area contributed by atoms with E-state index in [2.05, 4.69) is 30.7 Å². The van der Waals surface area contributed by atoms with Crippen LogP contribution in [0, 0.1) is 0 Å². The number of fused-ring (bicyclic) bond motifs is 1. The molecular weight excluding hydrogens is 208 g/mol. The third-order valence-corrected chi connectivity index (χ3v) is 3.93. The predicted molar refractivity (Wildman–Crippen MR) is 71.6 cm³/mol. The van der Waals surface area contributed by atoms with Crippen molar-refractivity contribution in [2.45, 2.75) is 45.4 Å². The van der Waals surface area contributed by atoms with E-state index in [9.17, 15) is 0 Å². The molecule has 0 amide bonds. The Morgan fingerprint density at radius 1 is 1.18 bits per heavy atom. The number of hydrogen-bond acceptors (Lipinski definition) is 1. The summed E-state index contributed by atoms with van der Waals surface area (Å²) < 4.78 is 2.29. The smallest absolute Gasteiger partial charge is 0.136 e. The summed E-state index contributed by atoms with van der Waals surface area (Å²) >= 11 is 0. The van der Waals surface area contributed by atoms with Crippen molar-refractivity contribution in [1.82, 2.24) is 9.55 Å². The predicted octanol–water partition coefficient (Wildman–Crippen LogP) is 3.73. The Hall–Kier alpha value is -1.31. The Bertz CT molecular complexity index is 503. The summed E-state index contributed by atoms with van der Waals surface area (Å²) in [6.07, 6.45) is 12.0. The van der Waals surface area contributed by atoms with E-state index in [4.69, 9.17) is 4.98 Å². The Labute approximate surface area is 103 Å². The number of aromatic nitrogens is 2. The highest BCUT2D eigenvalue weighted by molar-refractivity contribution is 5.65. The highest BCUT2D eigenvalue weighted by Gasteiger charge is 2.19. The fraction of sp³-hybridized carbons (Fsp3) is 0.533. The second-order valence-electron chi connectivity index (χ2n) is 5.29. The van der Waals surface area contributed by atoms with Gasteiger partial charge in [0.25, 0.3) is 0 Å². The molecule has 0 bridgehead atoms. The fourth-order valence-electron chi connectivity index (χ4n) is 2.88. The van der Waals surface area contributed by atoms with E-state index >= 15 is 0 Å². The standard InChI is InChI=1S/C15H20N2/c1-11-8-9-13-14(10-11)17(2)15(16-13)12-6-4-3-5-7-12/h6,10H,3-5,7-9H2,1-2H3. The van der Waals surface area contributed by atoms with Crippen molar-refractivity contribution >= 4 is 11.6 Å². The number of rotatable bonds is 1. The van der Waals surface area contributed by atoms with Crippen LogP contribution in [-0.4, -0.2) is 9.55 Å². The van der Waals surface area contributed by atoms with E-state index in [-0.39, 0.29) is 0 Å². The average molecular weight is 228 g/mol. The molecule has 3 rings (SSSR count). The van der Waals surface area contributed by atoms with Gasteiger partial charge in [0.15, 0.2) is 0 Å². The fourth-order valence-corrected chi connectivity index (χ4v) is 2.88. The average Bonchev–Trinajstić information content (AvgIpc) is 2.68. The van der Waals surface area contributed by atoms with Gasteiger partial charge in [-0.3, -0.25) is 0 Å². The SMILES string of the molecule is CC1=Cc2c(nc(C3=CCCCC3)n2C)CC1. The maximum Gasteiger partial charge on any atom is 0.136 e. The normalized spacial score (nSPS) is 19.6. The lowest BCUT2D eigenvalue weighted by Gasteiger charge is -2.13. The Morgan fingerprint density at radius 3 is 2.82 bits per heavy atom. The minimum Gasteiger partial charge on any atom is -0.328 e. The first-order valence-electron chi connectivity index (χ1n) is 6.68. The van der Waals surface area contributed by atoms with Gasteiger partial charge in [-0.1, -0.05) is 11.6 Å². The van der Waals surface area contributed by atoms with E-state index in [1.54, 1.807) is 0 Å². The third kappa shape index (κ3) is 1.86. The zero-order valence-corrected chi connectivity index (χ0v) is 10.8. The summed E-state index contributed by atoms with van der Waals surface area (Å²) in [5, 5.41) is 0. The molecule has 0 fully saturated rings. The molecule has 0 aliphatic heterocycles. The summed E-state index contributed by atoms with van der Waals surface area (Å²) in [5.74, 6) is 1.21. The van der Waals surface area contributed by atoms with Crippen molar-refractivity contribution in [3.05, 3.63) is 28.9 Å². The largest absolute Gasteiger partial charge is 0.328 e. The summed E-state index contributed by atoms with van der Waals surface area (Å²) in [6.45, 7) is 2.22. The molecule has 0 N–H and O–H groups in total. The molecule has 0 atom stereocenters. The lowest BCUT2D eigenvalue weighted by Crippen LogP contribution is -2.02. The maximum absolute atomic E-state index is 4.86. The van der Waals surface area contributed by atoms with Gasteiger partial charge in [-0.05, 0) is 57.1 Å². The van der Waals surface area contributed by atoms with Crippen LogP contribution in [0.3, 0.4) is 0 Å². The van der Waals surface area contributed by atoms with Gasteiger partial charge in [-0.15, -0.1) is 0 Å². The Morgan fingerprint density at radius 2 is 2.06 bits per heavy atom. The molecule has 2 nitrogen and oxygen atoms in total. The van der Waals surface area contributed by atoms with Crippen LogP contribution in [0.1, 0.15) is 56.2 Å². The van der Waals surface area contributed by atoms with Crippen molar-refractivity contribution in [2.75, 3.05) is 0 Å². The molecule has 1 heterocycles. The maximum atomic E-state index is 4.86. The van der Waals surface area contributed by atoms with E-state index in [0.29, 0.717) is 0 Å². The molecule has 0 saturated heterocycles. The summed E-state index contributed by atoms with van der Waals surface area (Å²) in [4.78, 5) is 4.86. The van der Waals surface area contributed by atoms with Gasteiger partial charge in [0, 0.05) is 7.05 Å². The minimum absolute atomic E-state index is 1.11. The van der Waals surface area contributed by atoms with Crippen LogP contribution in [0.4, 0.5) is 0 Å². The van der Waals surface area contributed by atoms with Gasteiger partial charge in [-0.25, -0.2) is 4.98 Å². The van der Waals surface area contributed by atoms with E-state index in [0.717, 1.165) is 6.42 Å². The summed E-state index contributed by atoms with van der Waals surface area (Å²) in [6, 6.07) is 0. The lowest BCUT2D eigenvalue weighted by atomic mass is 9.99. The summed E-state index contributed by atoms with van der Waals surface area (Å²) in [5.41, 5.74) is 5.55. The van der Waals surface area contributed by atoms with Crippen molar-refractivity contribution in [2.24, 2.45) is 7.05 Å². The van der Waals surface area contributed by atoms with Crippen molar-refractivity contribution in [3.8, 4) is 0 Å². The first-order chi connectivity index (χ1) is 8.25. The first-order valence-corrected chi connectivity index (χ1v) is 6.68. The van der Waals surface area contributed by atoms with Gasteiger partial charge in [0.2, 0.25) is 0 Å². The highest BCUT2D eigenvalue weighted by atomic mass is 15.1. The second-order valence-corrected chi connectivity index (χ2v) is 5.29. The van der Waals surface area contributed by atoms with Crippen molar-refractivity contribution in [1.29, 1.82) is 0 Å². The van der Waals surface area contributed by atoms with Crippen LogP contribution < -0.4 is 0 Å². The second kappa shape index (κ2) is 4.17. The van der Waals surface area contributed by atoms with E-state index in [1.165, 1.54) is 60.5 Å². The molecule has 1 aromatic rings. The van der Waals surface area contributed by atoms with E-state index < -0.39 is 0 Å². The number of nitrogens with zero attached hydrogens (tertiary/aromatic N) is 2. The van der Waals surface area contributed by atoms with Crippen LogP contribution in [0.2, 0.25) is 0 Å². The zero-order chi connectivity index (χ0) is 11.8. The van der Waals surface area contributed by atoms with Gasteiger partial charge >= 0.3 is 0 Å². The van der Waals surface area contributed by atoms with Crippen LogP contribution in [0.25, 0.3) is 11.6 Å². The van der Waals surface area contributed by atoms with Gasteiger partial charge in [0.05, 0.1) is 11.4 Å². The topological polar surface area (TPSA) is 17.8 Å². The van der Waals surface area contributed by atoms with E-state index in [1.807, 2.05) is 0 Å². The highest BCUT2D eigenvalue weighted by Crippen LogP contribution is 2.30. The minimum atomic E-state index is 1.11. The molecule has 0 saturated carbocycles. The molecule has 2 heteroatoms. The molecule has 17 heavy (non-hydrogen) atoms. The van der Waals surface area contributed by atoms with Gasteiger partial charge < -0.3 is 4.57 Å². The molecule has 1 aromatic heterocycles. The van der Waals surface area contributed by atoms with Crippen LogP contribution >= 0.6 is 0 Å². The lowest BCUT2D eigenvalue weighted by molar-refractivity contribution is 0.729. The molecule has 2 aliphatic carbocycles. The van der Waals surface area contributed by atoms with Crippen LogP contribution in [0.15, 0.2) is 11.6 Å². The number of imidazole rings is 1. The first kappa shape index (κ1) is 10.8. The molecule has 0 aromatic carbocycles. The summed E-state index contributed by atoms with van der Waals surface area (Å²) in [7, 11) is 2.16. The number of hydrogen-bond donors (Lipinski definition) is 0. The number of allylic oxidation sites excluding steroid dienone is 3. The molecule has 0 spiro atoms. The quantitative estimate of drug-likeness (QED) is 0.716. The number of aryl methyl sites for hydroxylation is 1. The monoisotopic (exact) mass is 228 g/mol. The third-order valence-electron chi connectivity index (χ3n) is 3.93. The van der Waals surface area contributed by atoms with Gasteiger partial charge in [-0.2, -0.15) is 0 Å². The van der Waals surface area contributed by atoms with Crippen molar-refractivity contribution < 1.29 is 0 Å². The molecule has 0 radical (unpaired) electrons. The molecule has 90 valence electrons. The zero-order valence-electron chi connectivity index (χ0n) is 10.8. The molecule has 2 aliphatic rings. The van der Waals surface area contributed by atoms with Crippen LogP contribution in [0.5, 0.6) is 0 Å².